The van der Waals surface area contributed by atoms with Gasteiger partial charge < -0.3 is 10.6 Å². The molecule has 1 saturated heterocycles. The van der Waals surface area contributed by atoms with Crippen LogP contribution in [0.2, 0.25) is 0 Å². The monoisotopic (exact) mass is 304 g/mol. The van der Waals surface area contributed by atoms with E-state index in [1.165, 1.54) is 0 Å². The van der Waals surface area contributed by atoms with Gasteiger partial charge in [-0.3, -0.25) is 10.1 Å². The summed E-state index contributed by atoms with van der Waals surface area (Å²) in [4.78, 5) is 13.2. The van der Waals surface area contributed by atoms with Gasteiger partial charge in [-0.05, 0) is 31.9 Å². The molecule has 1 fully saturated rings. The fourth-order valence-corrected chi connectivity index (χ4v) is 2.27. The van der Waals surface area contributed by atoms with Crippen molar-refractivity contribution in [3.8, 4) is 0 Å². The molecule has 116 valence electrons. The summed E-state index contributed by atoms with van der Waals surface area (Å²) in [6.07, 6.45) is -1.22. The topological polar surface area (TPSA) is 80.1 Å². The van der Waals surface area contributed by atoms with Crippen LogP contribution >= 0.6 is 0 Å². The van der Waals surface area contributed by atoms with Gasteiger partial charge in [0.15, 0.2) is 0 Å². The van der Waals surface area contributed by atoms with E-state index in [9.17, 15) is 23.3 Å². The summed E-state index contributed by atoms with van der Waals surface area (Å²) in [5, 5.41) is 16.8. The second-order valence-electron chi connectivity index (χ2n) is 4.85. The Balaban J connectivity index is 2.08. The summed E-state index contributed by atoms with van der Waals surface area (Å²) >= 11 is 0. The zero-order valence-corrected chi connectivity index (χ0v) is 11.1. The summed E-state index contributed by atoms with van der Waals surface area (Å²) < 4.78 is 37.8. The van der Waals surface area contributed by atoms with E-state index in [4.69, 9.17) is 0 Å². The maximum Gasteiger partial charge on any atom is 0.433 e. The smallest absolute Gasteiger partial charge is 0.379 e. The van der Waals surface area contributed by atoms with Crippen molar-refractivity contribution in [2.75, 3.05) is 18.4 Å². The maximum absolute atomic E-state index is 12.6. The first-order valence-corrected chi connectivity index (χ1v) is 6.57. The maximum atomic E-state index is 12.6. The number of rotatable bonds is 5. The van der Waals surface area contributed by atoms with E-state index < -0.39 is 22.5 Å². The Morgan fingerprint density at radius 2 is 2.29 bits per heavy atom. The van der Waals surface area contributed by atoms with Crippen LogP contribution in [0, 0.1) is 10.1 Å². The highest BCUT2D eigenvalue weighted by Gasteiger charge is 2.34. The van der Waals surface area contributed by atoms with E-state index in [0.717, 1.165) is 19.4 Å². The van der Waals surface area contributed by atoms with Crippen LogP contribution in [0.5, 0.6) is 0 Å². The number of anilines is 1. The van der Waals surface area contributed by atoms with Gasteiger partial charge in [0.05, 0.1) is 4.92 Å². The van der Waals surface area contributed by atoms with Crippen molar-refractivity contribution in [2.45, 2.75) is 31.5 Å². The lowest BCUT2D eigenvalue weighted by Gasteiger charge is -2.13. The number of pyridine rings is 1. The Hall–Kier alpha value is -1.90. The van der Waals surface area contributed by atoms with E-state index >= 15 is 0 Å². The molecule has 0 aliphatic carbocycles. The van der Waals surface area contributed by atoms with Gasteiger partial charge in [-0.15, -0.1) is 0 Å². The van der Waals surface area contributed by atoms with Crippen LogP contribution in [0.15, 0.2) is 12.3 Å². The highest BCUT2D eigenvalue weighted by Crippen LogP contribution is 2.32. The van der Waals surface area contributed by atoms with E-state index in [1.807, 2.05) is 0 Å². The van der Waals surface area contributed by atoms with Crippen LogP contribution in [-0.2, 0) is 6.18 Å². The molecule has 9 heteroatoms. The number of nitrogens with one attached hydrogen (secondary N) is 2. The quantitative estimate of drug-likeness (QED) is 0.645. The van der Waals surface area contributed by atoms with Crippen molar-refractivity contribution in [1.82, 2.24) is 10.3 Å². The summed E-state index contributed by atoms with van der Waals surface area (Å²) in [7, 11) is 0. The number of nitro groups is 1. The minimum atomic E-state index is -4.63. The van der Waals surface area contributed by atoms with Crippen LogP contribution in [0.25, 0.3) is 0 Å². The predicted octanol–water partition coefficient (Wildman–Crippen LogP) is 2.56. The Morgan fingerprint density at radius 1 is 1.52 bits per heavy atom. The lowest BCUT2D eigenvalue weighted by atomic mass is 10.1. The molecule has 1 aliphatic rings. The standard InChI is InChI=1S/C12H15F3N4O2/c13-12(14,15)11-6-9(10(7-18-11)19(20)21)17-5-3-8-2-1-4-16-8/h6-8,16H,1-5H2,(H,17,18). The molecule has 1 atom stereocenters. The predicted molar refractivity (Wildman–Crippen MR) is 70.0 cm³/mol. The summed E-state index contributed by atoms with van der Waals surface area (Å²) in [6.45, 7) is 1.29. The molecule has 2 rings (SSSR count). The minimum Gasteiger partial charge on any atom is -0.379 e. The Bertz CT molecular complexity index is 516. The second-order valence-corrected chi connectivity index (χ2v) is 4.85. The van der Waals surface area contributed by atoms with Crippen LogP contribution in [0.4, 0.5) is 24.5 Å². The third-order valence-corrected chi connectivity index (χ3v) is 3.34. The average Bonchev–Trinajstić information content (AvgIpc) is 2.90. The number of hydrogen-bond donors (Lipinski definition) is 2. The number of halogens is 3. The van der Waals surface area contributed by atoms with Crippen molar-refractivity contribution < 1.29 is 18.1 Å². The van der Waals surface area contributed by atoms with E-state index in [2.05, 4.69) is 15.6 Å². The van der Waals surface area contributed by atoms with Crippen molar-refractivity contribution in [3.05, 3.63) is 28.1 Å². The zero-order chi connectivity index (χ0) is 15.5. The first-order chi connectivity index (χ1) is 9.88. The molecule has 1 aromatic rings. The normalized spacial score (nSPS) is 18.7. The largest absolute Gasteiger partial charge is 0.433 e. The molecule has 0 radical (unpaired) electrons. The van der Waals surface area contributed by atoms with Gasteiger partial charge in [0.25, 0.3) is 0 Å². The molecule has 2 N–H and O–H groups in total. The molecule has 1 aromatic heterocycles. The van der Waals surface area contributed by atoms with Gasteiger partial charge in [-0.25, -0.2) is 4.98 Å². The lowest BCUT2D eigenvalue weighted by Crippen LogP contribution is -2.24. The van der Waals surface area contributed by atoms with Crippen molar-refractivity contribution in [3.63, 3.8) is 0 Å². The number of nitrogens with zero attached hydrogens (tertiary/aromatic N) is 2. The SMILES string of the molecule is O=[N+]([O-])c1cnc(C(F)(F)F)cc1NCCC1CCCN1. The molecule has 1 unspecified atom stereocenters. The molecule has 21 heavy (non-hydrogen) atoms. The summed E-state index contributed by atoms with van der Waals surface area (Å²) in [5.41, 5.74) is -1.75. The van der Waals surface area contributed by atoms with Gasteiger partial charge in [0.2, 0.25) is 0 Å². The van der Waals surface area contributed by atoms with E-state index in [1.54, 1.807) is 0 Å². The molecule has 0 saturated carbocycles. The Labute approximate surface area is 118 Å². The molecule has 0 aromatic carbocycles. The molecule has 1 aliphatic heterocycles. The summed E-state index contributed by atoms with van der Waals surface area (Å²) in [5.74, 6) is 0. The Morgan fingerprint density at radius 3 is 2.86 bits per heavy atom. The first-order valence-electron chi connectivity index (χ1n) is 6.57. The van der Waals surface area contributed by atoms with Gasteiger partial charge >= 0.3 is 11.9 Å². The molecular weight excluding hydrogens is 289 g/mol. The van der Waals surface area contributed by atoms with E-state index in [-0.39, 0.29) is 5.69 Å². The van der Waals surface area contributed by atoms with Crippen molar-refractivity contribution in [1.29, 1.82) is 0 Å². The average molecular weight is 304 g/mol. The minimum absolute atomic E-state index is 0.152. The van der Waals surface area contributed by atoms with Gasteiger partial charge in [0.1, 0.15) is 17.6 Å². The third-order valence-electron chi connectivity index (χ3n) is 3.34. The fourth-order valence-electron chi connectivity index (χ4n) is 2.27. The number of aromatic nitrogens is 1. The summed E-state index contributed by atoms with van der Waals surface area (Å²) in [6, 6.07) is 0.987. The molecule has 6 nitrogen and oxygen atoms in total. The first kappa shape index (κ1) is 15.5. The molecular formula is C12H15F3N4O2. The van der Waals surface area contributed by atoms with Crippen molar-refractivity contribution in [2.24, 2.45) is 0 Å². The van der Waals surface area contributed by atoms with Gasteiger partial charge in [0, 0.05) is 12.6 Å². The fraction of sp³-hybridized carbons (Fsp3) is 0.583. The van der Waals surface area contributed by atoms with Crippen molar-refractivity contribution >= 4 is 11.4 Å². The Kier molecular flexibility index (Phi) is 4.61. The molecule has 0 amide bonds. The number of hydrogen-bond acceptors (Lipinski definition) is 5. The zero-order valence-electron chi connectivity index (χ0n) is 11.1. The molecule has 0 spiro atoms. The third kappa shape index (κ3) is 4.03. The van der Waals surface area contributed by atoms with Gasteiger partial charge in [-0.2, -0.15) is 13.2 Å². The van der Waals surface area contributed by atoms with Crippen LogP contribution in [-0.4, -0.2) is 29.0 Å². The molecule has 2 heterocycles. The van der Waals surface area contributed by atoms with Crippen LogP contribution in [0.1, 0.15) is 25.0 Å². The van der Waals surface area contributed by atoms with Gasteiger partial charge in [-0.1, -0.05) is 0 Å². The van der Waals surface area contributed by atoms with E-state index in [0.29, 0.717) is 31.3 Å². The van der Waals surface area contributed by atoms with Crippen LogP contribution < -0.4 is 10.6 Å². The highest BCUT2D eigenvalue weighted by molar-refractivity contribution is 5.61. The molecule has 0 bridgehead atoms. The lowest BCUT2D eigenvalue weighted by molar-refractivity contribution is -0.384. The second kappa shape index (κ2) is 6.25. The van der Waals surface area contributed by atoms with Crippen LogP contribution in [0.3, 0.4) is 0 Å². The highest BCUT2D eigenvalue weighted by atomic mass is 19.4. The number of alkyl halides is 3.